The molecular formula is C14H17NO. The second-order valence-electron chi connectivity index (χ2n) is 4.60. The minimum Gasteiger partial charge on any atom is -0.464 e. The molecule has 2 nitrogen and oxygen atoms in total. The van der Waals surface area contributed by atoms with E-state index in [-0.39, 0.29) is 0 Å². The topological polar surface area (TPSA) is 39.2 Å². The molecule has 0 fully saturated rings. The lowest BCUT2D eigenvalue weighted by atomic mass is 9.81. The molecule has 0 bridgehead atoms. The highest BCUT2D eigenvalue weighted by atomic mass is 16.3. The second kappa shape index (κ2) is 3.63. The Morgan fingerprint density at radius 1 is 1.44 bits per heavy atom. The maximum absolute atomic E-state index is 5.90. The Labute approximate surface area is 95.4 Å². The van der Waals surface area contributed by atoms with Crippen molar-refractivity contribution in [3.8, 4) is 0 Å². The van der Waals surface area contributed by atoms with Gasteiger partial charge in [-0.15, -0.1) is 0 Å². The summed E-state index contributed by atoms with van der Waals surface area (Å²) in [5.74, 6) is 0.517. The predicted octanol–water partition coefficient (Wildman–Crippen LogP) is 2.98. The lowest BCUT2D eigenvalue weighted by Crippen LogP contribution is -2.18. The van der Waals surface area contributed by atoms with Crippen LogP contribution in [-0.2, 0) is 12.8 Å². The van der Waals surface area contributed by atoms with Gasteiger partial charge in [0.15, 0.2) is 0 Å². The van der Waals surface area contributed by atoms with Gasteiger partial charge in [-0.1, -0.05) is 13.0 Å². The van der Waals surface area contributed by atoms with Crippen molar-refractivity contribution >= 4 is 11.0 Å². The Morgan fingerprint density at radius 3 is 3.06 bits per heavy atom. The number of nitrogens with two attached hydrogens (primary N) is 1. The molecule has 0 spiro atoms. The summed E-state index contributed by atoms with van der Waals surface area (Å²) in [6.45, 7) is 2.95. The van der Waals surface area contributed by atoms with Gasteiger partial charge in [0.2, 0.25) is 0 Å². The minimum absolute atomic E-state index is 0.517. The quantitative estimate of drug-likeness (QED) is 0.836. The molecule has 3 rings (SSSR count). The molecule has 1 atom stereocenters. The van der Waals surface area contributed by atoms with Crippen LogP contribution in [-0.4, -0.2) is 6.54 Å². The molecule has 84 valence electrons. The van der Waals surface area contributed by atoms with Gasteiger partial charge in [-0.3, -0.25) is 0 Å². The standard InChI is InChI=1S/C14H17NO/c1-2-9-5-6-12-14-11(8-16-12)4-3-10(7-15)13(9)14/h5-6,8,10H,2-4,7,15H2,1H3. The van der Waals surface area contributed by atoms with Crippen LogP contribution in [0.15, 0.2) is 22.8 Å². The predicted molar refractivity (Wildman–Crippen MR) is 65.7 cm³/mol. The van der Waals surface area contributed by atoms with Crippen LogP contribution in [0.25, 0.3) is 11.0 Å². The Morgan fingerprint density at radius 2 is 2.31 bits per heavy atom. The molecule has 1 unspecified atom stereocenters. The number of rotatable bonds is 2. The van der Waals surface area contributed by atoms with Crippen LogP contribution in [0, 0.1) is 0 Å². The third kappa shape index (κ3) is 1.23. The minimum atomic E-state index is 0.517. The molecule has 16 heavy (non-hydrogen) atoms. The van der Waals surface area contributed by atoms with E-state index < -0.39 is 0 Å². The van der Waals surface area contributed by atoms with Crippen molar-refractivity contribution < 1.29 is 4.42 Å². The molecule has 1 aliphatic rings. The summed E-state index contributed by atoms with van der Waals surface area (Å²) < 4.78 is 5.61. The SMILES string of the molecule is CCc1ccc2occ3c2c1C(CN)CC3. The first-order valence-corrected chi connectivity index (χ1v) is 6.07. The van der Waals surface area contributed by atoms with Crippen molar-refractivity contribution in [1.82, 2.24) is 0 Å². The van der Waals surface area contributed by atoms with Crippen LogP contribution in [0.1, 0.15) is 36.0 Å². The molecule has 0 amide bonds. The Kier molecular flexibility index (Phi) is 2.25. The monoisotopic (exact) mass is 215 g/mol. The summed E-state index contributed by atoms with van der Waals surface area (Å²) >= 11 is 0. The van der Waals surface area contributed by atoms with Gasteiger partial charge in [0, 0.05) is 5.39 Å². The average molecular weight is 215 g/mol. The lowest BCUT2D eigenvalue weighted by molar-refractivity contribution is 0.600. The van der Waals surface area contributed by atoms with Crippen LogP contribution >= 0.6 is 0 Å². The zero-order valence-electron chi connectivity index (χ0n) is 9.62. The fraction of sp³-hybridized carbons (Fsp3) is 0.429. The van der Waals surface area contributed by atoms with Gasteiger partial charge in [0.25, 0.3) is 0 Å². The maximum atomic E-state index is 5.90. The largest absolute Gasteiger partial charge is 0.464 e. The van der Waals surface area contributed by atoms with E-state index in [1.54, 1.807) is 0 Å². The van der Waals surface area contributed by atoms with E-state index in [4.69, 9.17) is 10.2 Å². The summed E-state index contributed by atoms with van der Waals surface area (Å²) in [5.41, 5.74) is 11.2. The van der Waals surface area contributed by atoms with E-state index in [0.29, 0.717) is 5.92 Å². The van der Waals surface area contributed by atoms with Gasteiger partial charge < -0.3 is 10.2 Å². The zero-order chi connectivity index (χ0) is 11.1. The zero-order valence-corrected chi connectivity index (χ0v) is 9.62. The average Bonchev–Trinajstić information content (AvgIpc) is 2.75. The van der Waals surface area contributed by atoms with Crippen LogP contribution < -0.4 is 5.73 Å². The first-order chi connectivity index (χ1) is 7.85. The third-order valence-electron chi connectivity index (χ3n) is 3.78. The van der Waals surface area contributed by atoms with Crippen LogP contribution in [0.2, 0.25) is 0 Å². The van der Waals surface area contributed by atoms with E-state index in [1.807, 2.05) is 6.26 Å². The molecule has 1 aromatic carbocycles. The molecule has 0 saturated heterocycles. The molecular weight excluding hydrogens is 198 g/mol. The molecule has 2 N–H and O–H groups in total. The molecule has 1 heterocycles. The number of hydrogen-bond acceptors (Lipinski definition) is 2. The first kappa shape index (κ1) is 9.91. The van der Waals surface area contributed by atoms with Gasteiger partial charge >= 0.3 is 0 Å². The summed E-state index contributed by atoms with van der Waals surface area (Å²) in [4.78, 5) is 0. The van der Waals surface area contributed by atoms with Crippen LogP contribution in [0.3, 0.4) is 0 Å². The summed E-state index contributed by atoms with van der Waals surface area (Å²) in [6.07, 6.45) is 5.26. The van der Waals surface area contributed by atoms with E-state index >= 15 is 0 Å². The van der Waals surface area contributed by atoms with Gasteiger partial charge in [-0.25, -0.2) is 0 Å². The van der Waals surface area contributed by atoms with E-state index in [0.717, 1.165) is 31.4 Å². The first-order valence-electron chi connectivity index (χ1n) is 6.07. The molecule has 1 aromatic heterocycles. The maximum Gasteiger partial charge on any atom is 0.134 e. The molecule has 2 aromatic rings. The molecule has 0 aliphatic heterocycles. The van der Waals surface area contributed by atoms with Crippen molar-refractivity contribution in [2.24, 2.45) is 5.73 Å². The number of benzene rings is 1. The highest BCUT2D eigenvalue weighted by Crippen LogP contribution is 2.39. The number of furan rings is 1. The highest BCUT2D eigenvalue weighted by molar-refractivity contribution is 5.87. The van der Waals surface area contributed by atoms with Gasteiger partial charge in [-0.05, 0) is 54.5 Å². The normalized spacial score (nSPS) is 19.2. The number of aryl methyl sites for hydroxylation is 2. The van der Waals surface area contributed by atoms with Gasteiger partial charge in [-0.2, -0.15) is 0 Å². The molecule has 2 heteroatoms. The van der Waals surface area contributed by atoms with Crippen molar-refractivity contribution in [2.75, 3.05) is 6.54 Å². The summed E-state index contributed by atoms with van der Waals surface area (Å²) in [7, 11) is 0. The summed E-state index contributed by atoms with van der Waals surface area (Å²) in [5, 5.41) is 1.35. The molecule has 0 radical (unpaired) electrons. The van der Waals surface area contributed by atoms with Crippen molar-refractivity contribution in [1.29, 1.82) is 0 Å². The Bertz CT molecular complexity index is 527. The van der Waals surface area contributed by atoms with E-state index in [2.05, 4.69) is 19.1 Å². The Hall–Kier alpha value is -1.28. The fourth-order valence-electron chi connectivity index (χ4n) is 2.93. The van der Waals surface area contributed by atoms with E-state index in [1.165, 1.54) is 22.1 Å². The highest BCUT2D eigenvalue weighted by Gasteiger charge is 2.24. The second-order valence-corrected chi connectivity index (χ2v) is 4.60. The van der Waals surface area contributed by atoms with Crippen molar-refractivity contribution in [3.05, 3.63) is 35.1 Å². The molecule has 0 saturated carbocycles. The van der Waals surface area contributed by atoms with Crippen LogP contribution in [0.4, 0.5) is 0 Å². The van der Waals surface area contributed by atoms with Crippen molar-refractivity contribution in [3.63, 3.8) is 0 Å². The van der Waals surface area contributed by atoms with Crippen molar-refractivity contribution in [2.45, 2.75) is 32.1 Å². The van der Waals surface area contributed by atoms with Gasteiger partial charge in [0.05, 0.1) is 6.26 Å². The van der Waals surface area contributed by atoms with Gasteiger partial charge in [0.1, 0.15) is 5.58 Å². The number of hydrogen-bond donors (Lipinski definition) is 1. The fourth-order valence-corrected chi connectivity index (χ4v) is 2.93. The molecule has 1 aliphatic carbocycles. The Balaban J connectivity index is 2.35. The smallest absolute Gasteiger partial charge is 0.134 e. The lowest BCUT2D eigenvalue weighted by Gasteiger charge is -2.24. The third-order valence-corrected chi connectivity index (χ3v) is 3.78. The van der Waals surface area contributed by atoms with E-state index in [9.17, 15) is 0 Å². The van der Waals surface area contributed by atoms with Crippen LogP contribution in [0.5, 0.6) is 0 Å². The summed E-state index contributed by atoms with van der Waals surface area (Å²) in [6, 6.07) is 4.29.